The van der Waals surface area contributed by atoms with Crippen LogP contribution in [0.25, 0.3) is 0 Å². The molecule has 24 heavy (non-hydrogen) atoms. The lowest BCUT2D eigenvalue weighted by atomic mass is 10.1. The molecule has 0 aliphatic carbocycles. The summed E-state index contributed by atoms with van der Waals surface area (Å²) in [6, 6.07) is 18.6. The van der Waals surface area contributed by atoms with Gasteiger partial charge in [-0.1, -0.05) is 48.5 Å². The normalized spacial score (nSPS) is 11.8. The number of hydrogen-bond donors (Lipinski definition) is 2. The number of nitrogens with zero attached hydrogens (tertiary/aromatic N) is 2. The summed E-state index contributed by atoms with van der Waals surface area (Å²) in [6.07, 6.45) is 1.68. The van der Waals surface area contributed by atoms with Crippen molar-refractivity contribution in [1.29, 1.82) is 0 Å². The minimum absolute atomic E-state index is 0.0908. The molecule has 1 atom stereocenters. The van der Waals surface area contributed by atoms with E-state index in [0.717, 1.165) is 5.56 Å². The van der Waals surface area contributed by atoms with E-state index in [0.29, 0.717) is 23.9 Å². The molecule has 0 saturated heterocycles. The SMILES string of the molecule is CC(Nc1nccc(NCc2ccccc2F)n1)c1ccccc1. The van der Waals surface area contributed by atoms with Gasteiger partial charge in [0.15, 0.2) is 0 Å². The van der Waals surface area contributed by atoms with Crippen LogP contribution < -0.4 is 10.6 Å². The monoisotopic (exact) mass is 322 g/mol. The Kier molecular flexibility index (Phi) is 5.01. The fourth-order valence-electron chi connectivity index (χ4n) is 2.37. The zero-order valence-electron chi connectivity index (χ0n) is 13.4. The molecular formula is C19H19FN4. The molecule has 0 amide bonds. The van der Waals surface area contributed by atoms with Crippen molar-refractivity contribution < 1.29 is 4.39 Å². The Labute approximate surface area is 140 Å². The van der Waals surface area contributed by atoms with E-state index >= 15 is 0 Å². The molecule has 0 spiro atoms. The smallest absolute Gasteiger partial charge is 0.225 e. The molecule has 122 valence electrons. The first-order chi connectivity index (χ1) is 11.7. The van der Waals surface area contributed by atoms with E-state index in [4.69, 9.17) is 0 Å². The highest BCUT2D eigenvalue weighted by atomic mass is 19.1. The summed E-state index contributed by atoms with van der Waals surface area (Å²) in [5, 5.41) is 6.40. The summed E-state index contributed by atoms with van der Waals surface area (Å²) < 4.78 is 13.6. The number of rotatable bonds is 6. The fourth-order valence-corrected chi connectivity index (χ4v) is 2.37. The molecule has 3 rings (SSSR count). The van der Waals surface area contributed by atoms with Gasteiger partial charge in [-0.15, -0.1) is 0 Å². The Morgan fingerprint density at radius 3 is 2.54 bits per heavy atom. The van der Waals surface area contributed by atoms with Crippen molar-refractivity contribution in [1.82, 2.24) is 9.97 Å². The lowest BCUT2D eigenvalue weighted by Crippen LogP contribution is -2.10. The highest BCUT2D eigenvalue weighted by Crippen LogP contribution is 2.17. The van der Waals surface area contributed by atoms with Gasteiger partial charge in [-0.25, -0.2) is 9.37 Å². The van der Waals surface area contributed by atoms with Crippen molar-refractivity contribution in [3.8, 4) is 0 Å². The van der Waals surface area contributed by atoms with Gasteiger partial charge < -0.3 is 10.6 Å². The number of anilines is 2. The second-order valence-corrected chi connectivity index (χ2v) is 5.49. The van der Waals surface area contributed by atoms with Crippen molar-refractivity contribution in [2.24, 2.45) is 0 Å². The Balaban J connectivity index is 1.65. The summed E-state index contributed by atoms with van der Waals surface area (Å²) in [4.78, 5) is 8.67. The summed E-state index contributed by atoms with van der Waals surface area (Å²) in [7, 11) is 0. The summed E-state index contributed by atoms with van der Waals surface area (Å²) in [5.41, 5.74) is 1.76. The number of hydrogen-bond acceptors (Lipinski definition) is 4. The van der Waals surface area contributed by atoms with Gasteiger partial charge in [-0.2, -0.15) is 4.98 Å². The molecule has 1 heterocycles. The molecule has 4 nitrogen and oxygen atoms in total. The predicted octanol–water partition coefficient (Wildman–Crippen LogP) is 4.40. The van der Waals surface area contributed by atoms with Crippen LogP contribution in [0.3, 0.4) is 0 Å². The van der Waals surface area contributed by atoms with Crippen molar-refractivity contribution >= 4 is 11.8 Å². The fraction of sp³-hybridized carbons (Fsp3) is 0.158. The third-order valence-electron chi connectivity index (χ3n) is 3.72. The van der Waals surface area contributed by atoms with Gasteiger partial charge in [0.05, 0.1) is 6.04 Å². The third kappa shape index (κ3) is 4.07. The molecule has 0 radical (unpaired) electrons. The molecule has 5 heteroatoms. The number of benzene rings is 2. The van der Waals surface area contributed by atoms with Crippen LogP contribution in [-0.2, 0) is 6.54 Å². The van der Waals surface area contributed by atoms with Crippen molar-refractivity contribution in [3.05, 3.63) is 83.8 Å². The van der Waals surface area contributed by atoms with E-state index in [2.05, 4.69) is 39.7 Å². The summed E-state index contributed by atoms with van der Waals surface area (Å²) >= 11 is 0. The lowest BCUT2D eigenvalue weighted by molar-refractivity contribution is 0.613. The topological polar surface area (TPSA) is 49.8 Å². The predicted molar refractivity (Wildman–Crippen MR) is 94.2 cm³/mol. The van der Waals surface area contributed by atoms with Crippen LogP contribution in [0.4, 0.5) is 16.2 Å². The highest BCUT2D eigenvalue weighted by molar-refractivity contribution is 5.41. The minimum Gasteiger partial charge on any atom is -0.366 e. The van der Waals surface area contributed by atoms with Crippen LogP contribution >= 0.6 is 0 Å². The van der Waals surface area contributed by atoms with Gasteiger partial charge in [0, 0.05) is 18.3 Å². The highest BCUT2D eigenvalue weighted by Gasteiger charge is 2.07. The van der Waals surface area contributed by atoms with Crippen LogP contribution in [0.2, 0.25) is 0 Å². The van der Waals surface area contributed by atoms with Gasteiger partial charge in [0.25, 0.3) is 0 Å². The Morgan fingerprint density at radius 1 is 1.00 bits per heavy atom. The van der Waals surface area contributed by atoms with Gasteiger partial charge in [0.1, 0.15) is 11.6 Å². The van der Waals surface area contributed by atoms with Gasteiger partial charge >= 0.3 is 0 Å². The average molecular weight is 322 g/mol. The average Bonchev–Trinajstić information content (AvgIpc) is 2.62. The minimum atomic E-state index is -0.227. The van der Waals surface area contributed by atoms with Crippen LogP contribution in [0, 0.1) is 5.82 Å². The summed E-state index contributed by atoms with van der Waals surface area (Å²) in [6.45, 7) is 2.43. The van der Waals surface area contributed by atoms with Gasteiger partial charge in [-0.3, -0.25) is 0 Å². The Hall–Kier alpha value is -2.95. The van der Waals surface area contributed by atoms with Crippen LogP contribution in [0.15, 0.2) is 66.9 Å². The first-order valence-electron chi connectivity index (χ1n) is 7.84. The molecule has 0 aliphatic rings. The molecule has 2 N–H and O–H groups in total. The molecule has 0 bridgehead atoms. The van der Waals surface area contributed by atoms with Crippen LogP contribution in [0.5, 0.6) is 0 Å². The largest absolute Gasteiger partial charge is 0.366 e. The summed E-state index contributed by atoms with van der Waals surface area (Å²) in [5.74, 6) is 0.955. The van der Waals surface area contributed by atoms with Crippen molar-refractivity contribution in [2.75, 3.05) is 10.6 Å². The maximum absolute atomic E-state index is 13.6. The Bertz CT molecular complexity index is 792. The van der Waals surface area contributed by atoms with Crippen molar-refractivity contribution in [2.45, 2.75) is 19.5 Å². The Morgan fingerprint density at radius 2 is 1.75 bits per heavy atom. The van der Waals surface area contributed by atoms with Gasteiger partial charge in [-0.05, 0) is 24.6 Å². The molecule has 1 aromatic heterocycles. The zero-order valence-corrected chi connectivity index (χ0v) is 13.4. The van der Waals surface area contributed by atoms with E-state index < -0.39 is 0 Å². The van der Waals surface area contributed by atoms with E-state index in [1.165, 1.54) is 6.07 Å². The third-order valence-corrected chi connectivity index (χ3v) is 3.72. The molecule has 0 aliphatic heterocycles. The second kappa shape index (κ2) is 7.55. The standard InChI is InChI=1S/C19H19FN4/c1-14(15-7-3-2-4-8-15)23-19-21-12-11-18(24-19)22-13-16-9-5-6-10-17(16)20/h2-12,14H,13H2,1H3,(H2,21,22,23,24). The van der Waals surface area contributed by atoms with E-state index in [1.54, 1.807) is 24.4 Å². The van der Waals surface area contributed by atoms with Crippen molar-refractivity contribution in [3.63, 3.8) is 0 Å². The first kappa shape index (κ1) is 15.9. The molecule has 3 aromatic rings. The zero-order chi connectivity index (χ0) is 16.8. The van der Waals surface area contributed by atoms with Crippen LogP contribution in [-0.4, -0.2) is 9.97 Å². The van der Waals surface area contributed by atoms with Crippen LogP contribution in [0.1, 0.15) is 24.1 Å². The lowest BCUT2D eigenvalue weighted by Gasteiger charge is -2.15. The molecule has 0 fully saturated rings. The van der Waals surface area contributed by atoms with E-state index in [-0.39, 0.29) is 11.9 Å². The second-order valence-electron chi connectivity index (χ2n) is 5.49. The van der Waals surface area contributed by atoms with E-state index in [9.17, 15) is 4.39 Å². The molecular weight excluding hydrogens is 303 g/mol. The van der Waals surface area contributed by atoms with E-state index in [1.807, 2.05) is 24.3 Å². The maximum atomic E-state index is 13.6. The molecule has 1 unspecified atom stereocenters. The maximum Gasteiger partial charge on any atom is 0.225 e. The quantitative estimate of drug-likeness (QED) is 0.706. The number of halogens is 1. The molecule has 2 aromatic carbocycles. The number of nitrogens with one attached hydrogen (secondary N) is 2. The number of aromatic nitrogens is 2. The first-order valence-corrected chi connectivity index (χ1v) is 7.84. The molecule has 0 saturated carbocycles. The van der Waals surface area contributed by atoms with Gasteiger partial charge in [0.2, 0.25) is 5.95 Å².